The van der Waals surface area contributed by atoms with Crippen LogP contribution in [0.4, 0.5) is 4.79 Å². The average Bonchev–Trinajstić information content (AvgIpc) is 2.21. The van der Waals surface area contributed by atoms with Crippen LogP contribution in [0.2, 0.25) is 0 Å². The van der Waals surface area contributed by atoms with E-state index in [1.807, 2.05) is 31.3 Å². The fourth-order valence-electron chi connectivity index (χ4n) is 1.40. The highest BCUT2D eigenvalue weighted by atomic mass is 16.5. The summed E-state index contributed by atoms with van der Waals surface area (Å²) in [6.45, 7) is 5.42. The lowest BCUT2D eigenvalue weighted by atomic mass is 10.1. The Morgan fingerprint density at radius 2 is 2.00 bits per heavy atom. The molecular weight excluding hydrogens is 220 g/mol. The van der Waals surface area contributed by atoms with Crippen LogP contribution in [0.5, 0.6) is 5.75 Å². The van der Waals surface area contributed by atoms with Crippen LogP contribution in [0, 0.1) is 13.8 Å². The molecule has 0 aliphatic rings. The molecule has 92 valence electrons. The zero-order valence-electron chi connectivity index (χ0n) is 10.1. The van der Waals surface area contributed by atoms with Crippen molar-refractivity contribution in [3.05, 3.63) is 29.3 Å². The van der Waals surface area contributed by atoms with E-state index in [-0.39, 0.29) is 0 Å². The van der Waals surface area contributed by atoms with Crippen molar-refractivity contribution >= 4 is 11.9 Å². The van der Waals surface area contributed by atoms with Crippen LogP contribution in [0.1, 0.15) is 18.1 Å². The number of hydrogen-bond donors (Lipinski definition) is 2. The van der Waals surface area contributed by atoms with E-state index in [0.29, 0.717) is 5.75 Å². The second kappa shape index (κ2) is 5.34. The monoisotopic (exact) mass is 236 g/mol. The van der Waals surface area contributed by atoms with Gasteiger partial charge in [-0.3, -0.25) is 10.1 Å². The summed E-state index contributed by atoms with van der Waals surface area (Å²) >= 11 is 0. The van der Waals surface area contributed by atoms with E-state index in [2.05, 4.69) is 0 Å². The van der Waals surface area contributed by atoms with Gasteiger partial charge in [0.1, 0.15) is 5.75 Å². The fraction of sp³-hybridized carbons (Fsp3) is 0.333. The number of primary amides is 1. The first kappa shape index (κ1) is 13.0. The van der Waals surface area contributed by atoms with Crippen LogP contribution in [-0.2, 0) is 4.79 Å². The van der Waals surface area contributed by atoms with Crippen LogP contribution in [0.25, 0.3) is 0 Å². The number of carbonyl (C=O) groups is 2. The van der Waals surface area contributed by atoms with Gasteiger partial charge in [0.15, 0.2) is 6.10 Å². The molecule has 1 atom stereocenters. The topological polar surface area (TPSA) is 81.4 Å². The number of urea groups is 1. The first-order valence-corrected chi connectivity index (χ1v) is 5.24. The van der Waals surface area contributed by atoms with Crippen LogP contribution in [0.15, 0.2) is 18.2 Å². The van der Waals surface area contributed by atoms with Gasteiger partial charge in [-0.05, 0) is 32.4 Å². The maximum atomic E-state index is 11.4. The van der Waals surface area contributed by atoms with Crippen LogP contribution < -0.4 is 15.8 Å². The van der Waals surface area contributed by atoms with Gasteiger partial charge in [-0.25, -0.2) is 4.79 Å². The minimum Gasteiger partial charge on any atom is -0.481 e. The fourth-order valence-corrected chi connectivity index (χ4v) is 1.40. The first-order chi connectivity index (χ1) is 7.90. The van der Waals surface area contributed by atoms with Gasteiger partial charge in [-0.2, -0.15) is 0 Å². The summed E-state index contributed by atoms with van der Waals surface area (Å²) in [4.78, 5) is 21.9. The van der Waals surface area contributed by atoms with E-state index in [9.17, 15) is 9.59 Å². The normalized spacial score (nSPS) is 11.7. The van der Waals surface area contributed by atoms with Crippen molar-refractivity contribution in [3.63, 3.8) is 0 Å². The third-order valence-electron chi connectivity index (χ3n) is 2.25. The molecule has 1 unspecified atom stereocenters. The molecule has 1 aromatic rings. The summed E-state index contributed by atoms with van der Waals surface area (Å²) in [5, 5.41) is 1.97. The van der Waals surface area contributed by atoms with Crippen molar-refractivity contribution in [2.45, 2.75) is 26.9 Å². The molecule has 5 heteroatoms. The zero-order chi connectivity index (χ0) is 13.0. The molecule has 1 aromatic carbocycles. The number of imide groups is 1. The van der Waals surface area contributed by atoms with Crippen molar-refractivity contribution in [2.24, 2.45) is 5.73 Å². The van der Waals surface area contributed by atoms with Crippen molar-refractivity contribution < 1.29 is 14.3 Å². The van der Waals surface area contributed by atoms with Crippen LogP contribution in [-0.4, -0.2) is 18.0 Å². The minimum atomic E-state index is -0.883. The second-order valence-corrected chi connectivity index (χ2v) is 3.88. The van der Waals surface area contributed by atoms with E-state index < -0.39 is 18.0 Å². The van der Waals surface area contributed by atoms with E-state index in [0.717, 1.165) is 11.1 Å². The molecule has 0 saturated heterocycles. The molecule has 0 spiro atoms. The molecule has 17 heavy (non-hydrogen) atoms. The molecule has 5 nitrogen and oxygen atoms in total. The number of nitrogens with two attached hydrogens (primary N) is 1. The van der Waals surface area contributed by atoms with E-state index in [1.54, 1.807) is 13.0 Å². The Kier molecular flexibility index (Phi) is 4.09. The molecule has 3 amide bonds. The zero-order valence-corrected chi connectivity index (χ0v) is 10.1. The molecule has 1 rings (SSSR count). The SMILES string of the molecule is Cc1ccc(OC(C)C(=O)NC(N)=O)c(C)c1. The molecule has 0 aliphatic heterocycles. The predicted octanol–water partition coefficient (Wildman–Crippen LogP) is 1.27. The molecule has 0 aliphatic carbocycles. The number of carbonyl (C=O) groups excluding carboxylic acids is 2. The highest BCUT2D eigenvalue weighted by molar-refractivity contribution is 5.95. The van der Waals surface area contributed by atoms with E-state index in [1.165, 1.54) is 0 Å². The molecule has 0 bridgehead atoms. The Morgan fingerprint density at radius 3 is 2.53 bits per heavy atom. The van der Waals surface area contributed by atoms with Crippen molar-refractivity contribution in [2.75, 3.05) is 0 Å². The Hall–Kier alpha value is -2.04. The van der Waals surface area contributed by atoms with Gasteiger partial charge in [0.05, 0.1) is 0 Å². The summed E-state index contributed by atoms with van der Waals surface area (Å²) < 4.78 is 5.44. The number of aryl methyl sites for hydroxylation is 2. The summed E-state index contributed by atoms with van der Waals surface area (Å²) in [5.74, 6) is 0.0557. The lowest BCUT2D eigenvalue weighted by Crippen LogP contribution is -2.42. The van der Waals surface area contributed by atoms with Gasteiger partial charge < -0.3 is 10.5 Å². The maximum absolute atomic E-state index is 11.4. The second-order valence-electron chi connectivity index (χ2n) is 3.88. The Labute approximate surface area is 99.9 Å². The average molecular weight is 236 g/mol. The van der Waals surface area contributed by atoms with Gasteiger partial charge >= 0.3 is 6.03 Å². The van der Waals surface area contributed by atoms with Crippen molar-refractivity contribution in [1.29, 1.82) is 0 Å². The van der Waals surface area contributed by atoms with Crippen LogP contribution in [0.3, 0.4) is 0 Å². The third kappa shape index (κ3) is 3.79. The molecule has 0 heterocycles. The molecule has 0 saturated carbocycles. The molecular formula is C12H16N2O3. The summed E-state index contributed by atoms with van der Waals surface area (Å²) in [7, 11) is 0. The highest BCUT2D eigenvalue weighted by Crippen LogP contribution is 2.19. The van der Waals surface area contributed by atoms with Crippen molar-refractivity contribution in [1.82, 2.24) is 5.32 Å². The van der Waals surface area contributed by atoms with Gasteiger partial charge in [0, 0.05) is 0 Å². The Morgan fingerprint density at radius 1 is 1.35 bits per heavy atom. The lowest BCUT2D eigenvalue weighted by Gasteiger charge is -2.15. The predicted molar refractivity (Wildman–Crippen MR) is 63.7 cm³/mol. The molecule has 0 fully saturated rings. The summed E-state index contributed by atoms with van der Waals surface area (Å²) in [5.41, 5.74) is 6.90. The van der Waals surface area contributed by atoms with E-state index >= 15 is 0 Å². The number of ether oxygens (including phenoxy) is 1. The van der Waals surface area contributed by atoms with Crippen molar-refractivity contribution in [3.8, 4) is 5.75 Å². The largest absolute Gasteiger partial charge is 0.481 e. The first-order valence-electron chi connectivity index (χ1n) is 5.24. The quantitative estimate of drug-likeness (QED) is 0.829. The van der Waals surface area contributed by atoms with Gasteiger partial charge in [0.25, 0.3) is 5.91 Å². The molecule has 3 N–H and O–H groups in total. The van der Waals surface area contributed by atoms with Crippen LogP contribution >= 0.6 is 0 Å². The Bertz CT molecular complexity index is 443. The number of amides is 3. The minimum absolute atomic E-state index is 0.558. The number of nitrogens with one attached hydrogen (secondary N) is 1. The number of hydrogen-bond acceptors (Lipinski definition) is 3. The highest BCUT2D eigenvalue weighted by Gasteiger charge is 2.16. The summed E-state index contributed by atoms with van der Waals surface area (Å²) in [6.07, 6.45) is -0.774. The Balaban J connectivity index is 2.70. The summed E-state index contributed by atoms with van der Waals surface area (Å²) in [6, 6.07) is 4.75. The van der Waals surface area contributed by atoms with E-state index in [4.69, 9.17) is 10.5 Å². The smallest absolute Gasteiger partial charge is 0.318 e. The van der Waals surface area contributed by atoms with Gasteiger partial charge in [-0.15, -0.1) is 0 Å². The van der Waals surface area contributed by atoms with Gasteiger partial charge in [-0.1, -0.05) is 17.7 Å². The lowest BCUT2D eigenvalue weighted by molar-refractivity contribution is -0.126. The standard InChI is InChI=1S/C12H16N2O3/c1-7-4-5-10(8(2)6-7)17-9(3)11(15)14-12(13)16/h4-6,9H,1-3H3,(H3,13,14,15,16). The van der Waals surface area contributed by atoms with Gasteiger partial charge in [0.2, 0.25) is 0 Å². The molecule has 0 aromatic heterocycles. The number of benzene rings is 1. The molecule has 0 radical (unpaired) electrons. The number of rotatable bonds is 3. The third-order valence-corrected chi connectivity index (χ3v) is 2.25. The maximum Gasteiger partial charge on any atom is 0.318 e.